The Hall–Kier alpha value is -5.92. The summed E-state index contributed by atoms with van der Waals surface area (Å²) in [4.78, 5) is 0. The quantitative estimate of drug-likeness (QED) is 0.187. The standard InChI is InChI=1S/C45H26O/c1-4-20-36-29(14-1)31-17-7-11-27-13-9-22-38(41(27)31)45(36)37-21-5-2-16-35(37)43-33(19-10-23-39(43)45)34-26-25-28-12-8-18-32-30-15-3-6-24-40(30)46-44(34)42(28)32/h1-26H. The van der Waals surface area contributed by atoms with E-state index in [0.29, 0.717) is 0 Å². The summed E-state index contributed by atoms with van der Waals surface area (Å²) in [6, 6.07) is 58.2. The predicted molar refractivity (Wildman–Crippen MR) is 189 cm³/mol. The molecule has 8 aromatic rings. The van der Waals surface area contributed by atoms with Crippen molar-refractivity contribution in [2.45, 2.75) is 5.41 Å². The van der Waals surface area contributed by atoms with E-state index in [2.05, 4.69) is 158 Å². The number of para-hydroxylation sites is 1. The molecule has 0 radical (unpaired) electrons. The normalized spacial score (nSPS) is 16.1. The van der Waals surface area contributed by atoms with Crippen molar-refractivity contribution < 1.29 is 4.74 Å². The summed E-state index contributed by atoms with van der Waals surface area (Å²) in [5.41, 5.74) is 14.8. The first-order valence-corrected chi connectivity index (χ1v) is 16.0. The van der Waals surface area contributed by atoms with Gasteiger partial charge in [-0.3, -0.25) is 0 Å². The molecule has 8 aromatic carbocycles. The van der Waals surface area contributed by atoms with E-state index in [-0.39, 0.29) is 0 Å². The highest BCUT2D eigenvalue weighted by atomic mass is 16.5. The van der Waals surface area contributed by atoms with Crippen molar-refractivity contribution in [3.63, 3.8) is 0 Å². The van der Waals surface area contributed by atoms with Crippen LogP contribution in [0.4, 0.5) is 0 Å². The fourth-order valence-corrected chi connectivity index (χ4v) is 8.98. The van der Waals surface area contributed by atoms with E-state index in [0.717, 1.165) is 22.6 Å². The lowest BCUT2D eigenvalue weighted by Gasteiger charge is -2.40. The molecule has 0 saturated heterocycles. The molecule has 2 aliphatic carbocycles. The SMILES string of the molecule is c1ccc2c(c1)Oc1c(-c3cccc4c3-c3ccccc3C43c4ccccc4-c4cccc5cccc3c45)ccc3cccc-2c13. The number of hydrogen-bond acceptors (Lipinski definition) is 1. The summed E-state index contributed by atoms with van der Waals surface area (Å²) >= 11 is 0. The molecule has 0 bridgehead atoms. The van der Waals surface area contributed by atoms with Crippen LogP contribution in [0.5, 0.6) is 11.5 Å². The summed E-state index contributed by atoms with van der Waals surface area (Å²) in [6.45, 7) is 0. The van der Waals surface area contributed by atoms with Gasteiger partial charge in [0, 0.05) is 16.5 Å². The summed E-state index contributed by atoms with van der Waals surface area (Å²) in [6.07, 6.45) is 0. The Bertz CT molecular complexity index is 2620. The highest BCUT2D eigenvalue weighted by molar-refractivity contribution is 6.11. The molecule has 1 unspecified atom stereocenters. The third-order valence-electron chi connectivity index (χ3n) is 10.7. The van der Waals surface area contributed by atoms with Crippen LogP contribution in [0.3, 0.4) is 0 Å². The largest absolute Gasteiger partial charge is 0.455 e. The van der Waals surface area contributed by atoms with Gasteiger partial charge in [0.1, 0.15) is 11.5 Å². The molecular weight excluding hydrogens is 556 g/mol. The van der Waals surface area contributed by atoms with Crippen molar-refractivity contribution in [3.8, 4) is 56.0 Å². The Morgan fingerprint density at radius 2 is 0.870 bits per heavy atom. The van der Waals surface area contributed by atoms with Crippen LogP contribution in [0.25, 0.3) is 66.1 Å². The third-order valence-corrected chi connectivity index (χ3v) is 10.7. The van der Waals surface area contributed by atoms with Gasteiger partial charge in [-0.1, -0.05) is 146 Å². The molecule has 1 heteroatoms. The molecule has 0 saturated carbocycles. The summed E-state index contributed by atoms with van der Waals surface area (Å²) < 4.78 is 6.87. The number of rotatable bonds is 1. The van der Waals surface area contributed by atoms with Gasteiger partial charge in [0.25, 0.3) is 0 Å². The Morgan fingerprint density at radius 1 is 0.326 bits per heavy atom. The van der Waals surface area contributed by atoms with Crippen LogP contribution in [0.15, 0.2) is 158 Å². The highest BCUT2D eigenvalue weighted by Gasteiger charge is 2.50. The van der Waals surface area contributed by atoms with Crippen molar-refractivity contribution in [1.82, 2.24) is 0 Å². The number of fused-ring (bicyclic) bond motifs is 11. The van der Waals surface area contributed by atoms with E-state index in [1.165, 1.54) is 77.2 Å². The Morgan fingerprint density at radius 3 is 1.70 bits per heavy atom. The van der Waals surface area contributed by atoms with Crippen LogP contribution in [0.2, 0.25) is 0 Å². The minimum Gasteiger partial charge on any atom is -0.455 e. The maximum Gasteiger partial charge on any atom is 0.143 e. The van der Waals surface area contributed by atoms with E-state index in [9.17, 15) is 0 Å². The molecule has 1 heterocycles. The van der Waals surface area contributed by atoms with Gasteiger partial charge < -0.3 is 4.74 Å². The number of ether oxygens (including phenoxy) is 1. The van der Waals surface area contributed by atoms with Crippen molar-refractivity contribution in [3.05, 3.63) is 180 Å². The van der Waals surface area contributed by atoms with Crippen LogP contribution in [0.1, 0.15) is 22.3 Å². The van der Waals surface area contributed by atoms with Crippen LogP contribution in [-0.4, -0.2) is 0 Å². The van der Waals surface area contributed by atoms with Gasteiger partial charge in [-0.25, -0.2) is 0 Å². The highest BCUT2D eigenvalue weighted by Crippen LogP contribution is 2.64. The second-order valence-electron chi connectivity index (χ2n) is 12.7. The topological polar surface area (TPSA) is 9.23 Å². The molecule has 0 fully saturated rings. The van der Waals surface area contributed by atoms with Crippen LogP contribution >= 0.6 is 0 Å². The van der Waals surface area contributed by atoms with Gasteiger partial charge in [-0.15, -0.1) is 0 Å². The lowest BCUT2D eigenvalue weighted by atomic mass is 9.61. The molecule has 0 amide bonds. The summed E-state index contributed by atoms with van der Waals surface area (Å²) in [7, 11) is 0. The fourth-order valence-electron chi connectivity index (χ4n) is 8.98. The van der Waals surface area contributed by atoms with Crippen molar-refractivity contribution in [2.24, 2.45) is 0 Å². The molecule has 1 spiro atoms. The zero-order valence-electron chi connectivity index (χ0n) is 24.9. The zero-order chi connectivity index (χ0) is 30.0. The predicted octanol–water partition coefficient (Wildman–Crippen LogP) is 11.8. The summed E-state index contributed by atoms with van der Waals surface area (Å²) in [5, 5.41) is 5.00. The van der Waals surface area contributed by atoms with Gasteiger partial charge in [-0.2, -0.15) is 0 Å². The Kier molecular flexibility index (Phi) is 4.57. The summed E-state index contributed by atoms with van der Waals surface area (Å²) in [5.74, 6) is 1.85. The van der Waals surface area contributed by atoms with Crippen LogP contribution in [0, 0.1) is 0 Å². The molecule has 0 N–H and O–H groups in total. The first-order chi connectivity index (χ1) is 22.8. The van der Waals surface area contributed by atoms with E-state index < -0.39 is 5.41 Å². The second-order valence-corrected chi connectivity index (χ2v) is 12.7. The lowest BCUT2D eigenvalue weighted by molar-refractivity contribution is 0.489. The van der Waals surface area contributed by atoms with Gasteiger partial charge >= 0.3 is 0 Å². The minimum atomic E-state index is -0.445. The first kappa shape index (κ1) is 24.4. The molecule has 212 valence electrons. The Labute approximate surface area is 267 Å². The molecule has 11 rings (SSSR count). The van der Waals surface area contributed by atoms with E-state index >= 15 is 0 Å². The lowest BCUT2D eigenvalue weighted by Crippen LogP contribution is -2.31. The van der Waals surface area contributed by atoms with E-state index in [4.69, 9.17) is 4.74 Å². The minimum absolute atomic E-state index is 0.445. The van der Waals surface area contributed by atoms with Crippen molar-refractivity contribution in [1.29, 1.82) is 0 Å². The van der Waals surface area contributed by atoms with Gasteiger partial charge in [-0.05, 0) is 83.9 Å². The molecule has 3 aliphatic rings. The molecule has 46 heavy (non-hydrogen) atoms. The molecule has 1 aliphatic heterocycles. The van der Waals surface area contributed by atoms with Gasteiger partial charge in [0.15, 0.2) is 0 Å². The average molecular weight is 583 g/mol. The van der Waals surface area contributed by atoms with E-state index in [1.807, 2.05) is 0 Å². The molecule has 0 aromatic heterocycles. The monoisotopic (exact) mass is 582 g/mol. The molecular formula is C45H26O. The van der Waals surface area contributed by atoms with Crippen LogP contribution in [-0.2, 0) is 5.41 Å². The number of benzene rings is 8. The van der Waals surface area contributed by atoms with Crippen LogP contribution < -0.4 is 4.74 Å². The zero-order valence-corrected chi connectivity index (χ0v) is 24.9. The number of hydrogen-bond donors (Lipinski definition) is 0. The molecule has 1 atom stereocenters. The van der Waals surface area contributed by atoms with Crippen molar-refractivity contribution in [2.75, 3.05) is 0 Å². The molecule has 1 nitrogen and oxygen atoms in total. The van der Waals surface area contributed by atoms with Gasteiger partial charge in [0.05, 0.1) is 5.41 Å². The smallest absolute Gasteiger partial charge is 0.143 e. The maximum absolute atomic E-state index is 6.87. The van der Waals surface area contributed by atoms with Crippen molar-refractivity contribution >= 4 is 21.5 Å². The fraction of sp³-hybridized carbons (Fsp3) is 0.0222. The Balaban J connectivity index is 1.29. The van der Waals surface area contributed by atoms with E-state index in [1.54, 1.807) is 0 Å². The second kappa shape index (κ2) is 8.62. The van der Waals surface area contributed by atoms with Gasteiger partial charge in [0.2, 0.25) is 0 Å². The maximum atomic E-state index is 6.87. The third kappa shape index (κ3) is 2.83. The average Bonchev–Trinajstić information content (AvgIpc) is 3.42. The first-order valence-electron chi connectivity index (χ1n) is 16.0.